The number of amides is 4. The van der Waals surface area contributed by atoms with E-state index in [1.807, 2.05) is 6.92 Å². The second-order valence-corrected chi connectivity index (χ2v) is 6.71. The van der Waals surface area contributed by atoms with Gasteiger partial charge in [0.1, 0.15) is 11.3 Å². The number of ether oxygens (including phenoxy) is 3. The molecule has 0 atom stereocenters. The van der Waals surface area contributed by atoms with E-state index in [2.05, 4.69) is 5.32 Å². The zero-order valence-corrected chi connectivity index (χ0v) is 18.0. The fourth-order valence-electron chi connectivity index (χ4n) is 3.06. The van der Waals surface area contributed by atoms with E-state index in [4.69, 9.17) is 19.3 Å². The molecule has 10 heteroatoms. The van der Waals surface area contributed by atoms with Crippen molar-refractivity contribution in [2.75, 3.05) is 24.7 Å². The number of carbonyl (C=O) groups excluding carboxylic acids is 3. The summed E-state index contributed by atoms with van der Waals surface area (Å²) in [7, 11) is 0. The van der Waals surface area contributed by atoms with Crippen molar-refractivity contribution in [1.82, 2.24) is 5.32 Å². The van der Waals surface area contributed by atoms with Crippen molar-refractivity contribution in [3.05, 3.63) is 53.6 Å². The second-order valence-electron chi connectivity index (χ2n) is 6.71. The minimum Gasteiger partial charge on any atom is -0.494 e. The Morgan fingerprint density at radius 3 is 2.30 bits per heavy atom. The van der Waals surface area contributed by atoms with Gasteiger partial charge in [-0.25, -0.2) is 14.5 Å². The second kappa shape index (κ2) is 10.3. The molecule has 0 radical (unpaired) electrons. The minimum atomic E-state index is -1.15. The van der Waals surface area contributed by atoms with Crippen LogP contribution in [0.5, 0.6) is 17.2 Å². The molecule has 1 saturated heterocycles. The van der Waals surface area contributed by atoms with Crippen molar-refractivity contribution < 1.29 is 38.5 Å². The van der Waals surface area contributed by atoms with Crippen LogP contribution in [-0.2, 0) is 14.4 Å². The van der Waals surface area contributed by atoms with Gasteiger partial charge in [0.25, 0.3) is 11.8 Å². The molecule has 0 aliphatic carbocycles. The highest BCUT2D eigenvalue weighted by molar-refractivity contribution is 6.39. The molecule has 4 amide bonds. The largest absolute Gasteiger partial charge is 0.494 e. The molecule has 33 heavy (non-hydrogen) atoms. The Morgan fingerprint density at radius 1 is 0.970 bits per heavy atom. The Hall–Kier alpha value is -4.34. The van der Waals surface area contributed by atoms with Crippen LogP contribution in [0.4, 0.5) is 10.5 Å². The van der Waals surface area contributed by atoms with Gasteiger partial charge in [0.15, 0.2) is 18.1 Å². The number of rotatable bonds is 9. The lowest BCUT2D eigenvalue weighted by Crippen LogP contribution is -2.54. The van der Waals surface area contributed by atoms with E-state index in [1.54, 1.807) is 19.1 Å². The van der Waals surface area contributed by atoms with Crippen LogP contribution in [0.3, 0.4) is 0 Å². The summed E-state index contributed by atoms with van der Waals surface area (Å²) in [5.41, 5.74) is 0.428. The van der Waals surface area contributed by atoms with Crippen LogP contribution >= 0.6 is 0 Å². The zero-order chi connectivity index (χ0) is 24.0. The molecule has 2 N–H and O–H groups in total. The molecule has 2 aromatic carbocycles. The van der Waals surface area contributed by atoms with Crippen molar-refractivity contribution in [3.63, 3.8) is 0 Å². The molecule has 1 heterocycles. The van der Waals surface area contributed by atoms with Crippen molar-refractivity contribution in [1.29, 1.82) is 0 Å². The van der Waals surface area contributed by atoms with Gasteiger partial charge < -0.3 is 19.3 Å². The first-order chi connectivity index (χ1) is 15.8. The van der Waals surface area contributed by atoms with E-state index >= 15 is 0 Å². The Balaban J connectivity index is 1.92. The van der Waals surface area contributed by atoms with E-state index in [0.717, 1.165) is 4.90 Å². The van der Waals surface area contributed by atoms with E-state index in [-0.39, 0.29) is 29.4 Å². The van der Waals surface area contributed by atoms with Gasteiger partial charge in [-0.05, 0) is 61.9 Å². The summed E-state index contributed by atoms with van der Waals surface area (Å²) in [5, 5.41) is 11.0. The molecule has 0 saturated carbocycles. The van der Waals surface area contributed by atoms with Crippen LogP contribution in [0, 0.1) is 0 Å². The maximum absolute atomic E-state index is 13.0. The molecule has 1 aliphatic rings. The lowest BCUT2D eigenvalue weighted by atomic mass is 10.1. The average Bonchev–Trinajstić information content (AvgIpc) is 2.77. The smallest absolute Gasteiger partial charge is 0.341 e. The summed E-state index contributed by atoms with van der Waals surface area (Å²) in [5.74, 6) is -1.75. The average molecular weight is 454 g/mol. The monoisotopic (exact) mass is 454 g/mol. The van der Waals surface area contributed by atoms with Gasteiger partial charge in [0.05, 0.1) is 18.9 Å². The first-order valence-corrected chi connectivity index (χ1v) is 10.1. The fraction of sp³-hybridized carbons (Fsp3) is 0.217. The molecule has 0 unspecified atom stereocenters. The van der Waals surface area contributed by atoms with Crippen LogP contribution in [0.15, 0.2) is 48.0 Å². The lowest BCUT2D eigenvalue weighted by Gasteiger charge is -2.26. The Labute approximate surface area is 189 Å². The number of nitrogens with zero attached hydrogens (tertiary/aromatic N) is 1. The fourth-order valence-corrected chi connectivity index (χ4v) is 3.06. The number of urea groups is 1. The molecule has 10 nitrogen and oxygen atoms in total. The Kier molecular flexibility index (Phi) is 7.29. The number of imide groups is 2. The first kappa shape index (κ1) is 23.3. The van der Waals surface area contributed by atoms with Crippen molar-refractivity contribution >= 4 is 35.6 Å². The quantitative estimate of drug-likeness (QED) is 0.437. The molecule has 0 spiro atoms. The number of barbiturate groups is 1. The van der Waals surface area contributed by atoms with Crippen LogP contribution in [0.1, 0.15) is 19.4 Å². The lowest BCUT2D eigenvalue weighted by molar-refractivity contribution is -0.139. The Morgan fingerprint density at radius 2 is 1.67 bits per heavy atom. The van der Waals surface area contributed by atoms with Crippen LogP contribution < -0.4 is 24.4 Å². The number of hydrogen-bond acceptors (Lipinski definition) is 7. The van der Waals surface area contributed by atoms with Gasteiger partial charge in [-0.1, -0.05) is 6.07 Å². The standard InChI is InChI=1S/C23H22N2O8/c1-3-31-16-8-6-15(7-9-16)25-22(29)17(21(28)24-23(25)30)11-14-5-10-18(33-13-20(26)27)19(12-14)32-4-2/h5-12H,3-4,13H2,1-2H3,(H,26,27)(H,24,28,30). The van der Waals surface area contributed by atoms with Gasteiger partial charge in [-0.2, -0.15) is 0 Å². The van der Waals surface area contributed by atoms with Gasteiger partial charge in [0, 0.05) is 0 Å². The summed E-state index contributed by atoms with van der Waals surface area (Å²) >= 11 is 0. The maximum Gasteiger partial charge on any atom is 0.341 e. The summed E-state index contributed by atoms with van der Waals surface area (Å²) in [6.07, 6.45) is 1.31. The number of nitrogens with one attached hydrogen (secondary N) is 1. The van der Waals surface area contributed by atoms with E-state index < -0.39 is 30.4 Å². The number of anilines is 1. The third kappa shape index (κ3) is 5.48. The molecular formula is C23H22N2O8. The third-order valence-electron chi connectivity index (χ3n) is 4.44. The molecule has 3 rings (SSSR count). The summed E-state index contributed by atoms with van der Waals surface area (Å²) in [4.78, 5) is 49.4. The van der Waals surface area contributed by atoms with Crippen molar-refractivity contribution in [2.24, 2.45) is 0 Å². The number of carbonyl (C=O) groups is 4. The first-order valence-electron chi connectivity index (χ1n) is 10.1. The number of carboxylic acid groups (broad SMARTS) is 1. The van der Waals surface area contributed by atoms with Gasteiger partial charge >= 0.3 is 12.0 Å². The van der Waals surface area contributed by atoms with Crippen LogP contribution in [0.25, 0.3) is 6.08 Å². The highest BCUT2D eigenvalue weighted by atomic mass is 16.5. The zero-order valence-electron chi connectivity index (χ0n) is 18.0. The number of hydrogen-bond donors (Lipinski definition) is 2. The highest BCUT2D eigenvalue weighted by Gasteiger charge is 2.36. The highest BCUT2D eigenvalue weighted by Crippen LogP contribution is 2.30. The molecule has 2 aromatic rings. The third-order valence-corrected chi connectivity index (χ3v) is 4.44. The molecule has 172 valence electrons. The molecule has 0 aromatic heterocycles. The number of aliphatic carboxylic acids is 1. The molecule has 0 bridgehead atoms. The van der Waals surface area contributed by atoms with Gasteiger partial charge in [0.2, 0.25) is 0 Å². The van der Waals surface area contributed by atoms with Crippen LogP contribution in [0.2, 0.25) is 0 Å². The van der Waals surface area contributed by atoms with E-state index in [1.165, 1.54) is 36.4 Å². The van der Waals surface area contributed by atoms with Gasteiger partial charge in [-0.3, -0.25) is 14.9 Å². The number of carboxylic acids is 1. The topological polar surface area (TPSA) is 131 Å². The molecule has 1 aliphatic heterocycles. The van der Waals surface area contributed by atoms with Gasteiger partial charge in [-0.15, -0.1) is 0 Å². The summed E-state index contributed by atoms with van der Waals surface area (Å²) < 4.78 is 16.0. The normalized spacial score (nSPS) is 14.8. The minimum absolute atomic E-state index is 0.201. The predicted molar refractivity (Wildman–Crippen MR) is 117 cm³/mol. The number of benzene rings is 2. The summed E-state index contributed by atoms with van der Waals surface area (Å²) in [6, 6.07) is 9.96. The molecule has 1 fully saturated rings. The molecular weight excluding hydrogens is 432 g/mol. The Bertz CT molecular complexity index is 1110. The van der Waals surface area contributed by atoms with Crippen molar-refractivity contribution in [2.45, 2.75) is 13.8 Å². The van der Waals surface area contributed by atoms with Crippen LogP contribution in [-0.4, -0.2) is 48.7 Å². The summed E-state index contributed by atoms with van der Waals surface area (Å²) in [6.45, 7) is 3.77. The predicted octanol–water partition coefficient (Wildman–Crippen LogP) is 2.61. The SMILES string of the molecule is CCOc1ccc(N2C(=O)NC(=O)C(=Cc3ccc(OCC(=O)O)c(OCC)c3)C2=O)cc1. The van der Waals surface area contributed by atoms with E-state index in [9.17, 15) is 19.2 Å². The van der Waals surface area contributed by atoms with E-state index in [0.29, 0.717) is 17.9 Å². The van der Waals surface area contributed by atoms with Crippen molar-refractivity contribution in [3.8, 4) is 17.2 Å². The maximum atomic E-state index is 13.0.